The molecule has 3 aromatic rings. The summed E-state index contributed by atoms with van der Waals surface area (Å²) in [6.45, 7) is 0.924. The predicted molar refractivity (Wildman–Crippen MR) is 114 cm³/mol. The largest absolute Gasteiger partial charge is 0.490 e. The Hall–Kier alpha value is -3.66. The second-order valence-corrected chi connectivity index (χ2v) is 8.60. The zero-order chi connectivity index (χ0) is 22.7. The van der Waals surface area contributed by atoms with E-state index in [0.717, 1.165) is 12.1 Å². The molecule has 1 aliphatic rings. The van der Waals surface area contributed by atoms with Crippen molar-refractivity contribution < 1.29 is 31.5 Å². The third-order valence-electron chi connectivity index (χ3n) is 4.60. The number of fused-ring (bicyclic) bond motifs is 1. The van der Waals surface area contributed by atoms with E-state index in [1.165, 1.54) is 36.4 Å². The first kappa shape index (κ1) is 21.6. The van der Waals surface area contributed by atoms with E-state index in [4.69, 9.17) is 9.47 Å². The van der Waals surface area contributed by atoms with Gasteiger partial charge in [-0.05, 0) is 48.5 Å². The summed E-state index contributed by atoms with van der Waals surface area (Å²) in [5.41, 5.74) is 0.242. The van der Waals surface area contributed by atoms with Crippen LogP contribution in [-0.2, 0) is 10.0 Å². The normalized spacial score (nSPS) is 13.2. The highest BCUT2D eigenvalue weighted by molar-refractivity contribution is 7.92. The maximum absolute atomic E-state index is 13.7. The quantitative estimate of drug-likeness (QED) is 0.596. The minimum Gasteiger partial charge on any atom is -0.490 e. The number of amides is 1. The molecule has 1 amide bonds. The van der Waals surface area contributed by atoms with E-state index in [1.807, 2.05) is 0 Å². The smallest absolute Gasteiger partial charge is 0.262 e. The fraction of sp³-hybridized carbons (Fsp3) is 0.136. The second-order valence-electron chi connectivity index (χ2n) is 6.92. The second kappa shape index (κ2) is 8.83. The molecular formula is C22H18F2N2O5S. The first-order valence-corrected chi connectivity index (χ1v) is 11.1. The first-order valence-electron chi connectivity index (χ1n) is 9.61. The number of hydrogen-bond donors (Lipinski definition) is 2. The zero-order valence-electron chi connectivity index (χ0n) is 16.6. The van der Waals surface area contributed by atoms with Crippen LogP contribution in [0.25, 0.3) is 0 Å². The number of anilines is 2. The number of ether oxygens (including phenoxy) is 2. The highest BCUT2D eigenvalue weighted by Crippen LogP contribution is 2.32. The summed E-state index contributed by atoms with van der Waals surface area (Å²) in [4.78, 5) is 12.2. The molecule has 32 heavy (non-hydrogen) atoms. The molecule has 0 saturated carbocycles. The van der Waals surface area contributed by atoms with E-state index < -0.39 is 27.6 Å². The topological polar surface area (TPSA) is 93.7 Å². The van der Waals surface area contributed by atoms with Gasteiger partial charge in [0.1, 0.15) is 11.6 Å². The van der Waals surface area contributed by atoms with Crippen molar-refractivity contribution in [1.29, 1.82) is 0 Å². The van der Waals surface area contributed by atoms with E-state index in [0.29, 0.717) is 42.9 Å². The molecule has 1 aliphatic heterocycles. The Morgan fingerprint density at radius 1 is 0.844 bits per heavy atom. The van der Waals surface area contributed by atoms with Gasteiger partial charge in [-0.3, -0.25) is 9.52 Å². The van der Waals surface area contributed by atoms with Gasteiger partial charge >= 0.3 is 0 Å². The van der Waals surface area contributed by atoms with Gasteiger partial charge in [0.15, 0.2) is 11.5 Å². The van der Waals surface area contributed by atoms with Crippen molar-refractivity contribution in [3.05, 3.63) is 77.9 Å². The summed E-state index contributed by atoms with van der Waals surface area (Å²) < 4.78 is 65.7. The van der Waals surface area contributed by atoms with Gasteiger partial charge < -0.3 is 14.8 Å². The fourth-order valence-electron chi connectivity index (χ4n) is 3.02. The lowest BCUT2D eigenvalue weighted by atomic mass is 10.2. The van der Waals surface area contributed by atoms with Crippen molar-refractivity contribution in [3.63, 3.8) is 0 Å². The standard InChI is InChI=1S/C22H18F2N2O5S/c23-14-2-8-18(19(24)12-14)22(27)25-15-3-5-16(6-4-15)26-32(28,29)17-7-9-20-21(13-17)31-11-1-10-30-20/h2-9,12-13,26H,1,10-11H2,(H,25,27). The van der Waals surface area contributed by atoms with Crippen LogP contribution >= 0.6 is 0 Å². The van der Waals surface area contributed by atoms with Crippen LogP contribution in [0.3, 0.4) is 0 Å². The van der Waals surface area contributed by atoms with Crippen LogP contribution in [-0.4, -0.2) is 27.5 Å². The average Bonchev–Trinajstić information content (AvgIpc) is 3.00. The fourth-order valence-corrected chi connectivity index (χ4v) is 4.09. The van der Waals surface area contributed by atoms with Gasteiger partial charge in [0.05, 0.1) is 23.7 Å². The van der Waals surface area contributed by atoms with E-state index in [-0.39, 0.29) is 16.1 Å². The van der Waals surface area contributed by atoms with Crippen molar-refractivity contribution >= 4 is 27.3 Å². The Balaban J connectivity index is 1.46. The Kier molecular flexibility index (Phi) is 5.95. The average molecular weight is 460 g/mol. The van der Waals surface area contributed by atoms with Crippen LogP contribution in [0.5, 0.6) is 11.5 Å². The molecule has 7 nitrogen and oxygen atoms in total. The van der Waals surface area contributed by atoms with E-state index in [2.05, 4.69) is 10.0 Å². The van der Waals surface area contributed by atoms with E-state index >= 15 is 0 Å². The van der Waals surface area contributed by atoms with Crippen molar-refractivity contribution in [1.82, 2.24) is 0 Å². The number of carbonyl (C=O) groups is 1. The molecule has 0 fully saturated rings. The van der Waals surface area contributed by atoms with Crippen LogP contribution in [0.2, 0.25) is 0 Å². The molecule has 0 aliphatic carbocycles. The maximum atomic E-state index is 13.7. The summed E-state index contributed by atoms with van der Waals surface area (Å²) in [7, 11) is -3.91. The van der Waals surface area contributed by atoms with Crippen molar-refractivity contribution in [3.8, 4) is 11.5 Å². The lowest BCUT2D eigenvalue weighted by molar-refractivity contribution is 0.102. The zero-order valence-corrected chi connectivity index (χ0v) is 17.4. The number of sulfonamides is 1. The van der Waals surface area contributed by atoms with Gasteiger partial charge in [-0.1, -0.05) is 0 Å². The Morgan fingerprint density at radius 2 is 1.53 bits per heavy atom. The van der Waals surface area contributed by atoms with Crippen molar-refractivity contribution in [2.75, 3.05) is 23.3 Å². The van der Waals surface area contributed by atoms with Crippen LogP contribution in [0.1, 0.15) is 16.8 Å². The summed E-state index contributed by atoms with van der Waals surface area (Å²) >= 11 is 0. The SMILES string of the molecule is O=C(Nc1ccc(NS(=O)(=O)c2ccc3c(c2)OCCCO3)cc1)c1ccc(F)cc1F. The number of halogens is 2. The highest BCUT2D eigenvalue weighted by Gasteiger charge is 2.19. The third-order valence-corrected chi connectivity index (χ3v) is 5.98. The summed E-state index contributed by atoms with van der Waals surface area (Å²) in [5.74, 6) is -1.69. The number of rotatable bonds is 5. The monoisotopic (exact) mass is 460 g/mol. The lowest BCUT2D eigenvalue weighted by Crippen LogP contribution is -2.15. The highest BCUT2D eigenvalue weighted by atomic mass is 32.2. The maximum Gasteiger partial charge on any atom is 0.262 e. The molecule has 0 radical (unpaired) electrons. The Morgan fingerprint density at radius 3 is 2.25 bits per heavy atom. The Labute approximate surface area is 183 Å². The number of benzene rings is 3. The van der Waals surface area contributed by atoms with Gasteiger partial charge in [0.2, 0.25) is 0 Å². The Bertz CT molecular complexity index is 1260. The molecule has 1 heterocycles. The van der Waals surface area contributed by atoms with Gasteiger partial charge in [0.25, 0.3) is 15.9 Å². The molecule has 0 aromatic heterocycles. The third kappa shape index (κ3) is 4.80. The van der Waals surface area contributed by atoms with Gasteiger partial charge in [0, 0.05) is 29.9 Å². The molecule has 166 valence electrons. The molecule has 2 N–H and O–H groups in total. The molecular weight excluding hydrogens is 442 g/mol. The van der Waals surface area contributed by atoms with Crippen LogP contribution in [0.15, 0.2) is 65.6 Å². The molecule has 0 bridgehead atoms. The van der Waals surface area contributed by atoms with Crippen LogP contribution < -0.4 is 19.5 Å². The number of nitrogens with one attached hydrogen (secondary N) is 2. The minimum atomic E-state index is -3.91. The molecule has 0 unspecified atom stereocenters. The molecule has 0 saturated heterocycles. The van der Waals surface area contributed by atoms with Crippen molar-refractivity contribution in [2.45, 2.75) is 11.3 Å². The minimum absolute atomic E-state index is 0.00548. The summed E-state index contributed by atoms with van der Waals surface area (Å²) in [5, 5.41) is 2.47. The van der Waals surface area contributed by atoms with Gasteiger partial charge in [-0.15, -0.1) is 0 Å². The van der Waals surface area contributed by atoms with Gasteiger partial charge in [-0.2, -0.15) is 0 Å². The van der Waals surface area contributed by atoms with Gasteiger partial charge in [-0.25, -0.2) is 17.2 Å². The van der Waals surface area contributed by atoms with Crippen LogP contribution in [0.4, 0.5) is 20.2 Å². The van der Waals surface area contributed by atoms with Crippen LogP contribution in [0, 0.1) is 11.6 Å². The lowest BCUT2D eigenvalue weighted by Gasteiger charge is -2.12. The summed E-state index contributed by atoms with van der Waals surface area (Å²) in [6.07, 6.45) is 0.700. The van der Waals surface area contributed by atoms with E-state index in [1.54, 1.807) is 6.07 Å². The molecule has 0 atom stereocenters. The first-order chi connectivity index (χ1) is 15.3. The molecule has 3 aromatic carbocycles. The molecule has 0 spiro atoms. The number of carbonyl (C=O) groups excluding carboxylic acids is 1. The molecule has 10 heteroatoms. The van der Waals surface area contributed by atoms with E-state index in [9.17, 15) is 22.0 Å². The van der Waals surface area contributed by atoms with Crippen molar-refractivity contribution in [2.24, 2.45) is 0 Å². The number of hydrogen-bond acceptors (Lipinski definition) is 5. The molecule has 4 rings (SSSR count). The summed E-state index contributed by atoms with van der Waals surface area (Å²) in [6, 6.07) is 12.8. The predicted octanol–water partition coefficient (Wildman–Crippen LogP) is 4.18.